The molecule has 1 N–H and O–H groups in total. The molecule has 178 valence electrons. The molecule has 8 heteroatoms. The van der Waals surface area contributed by atoms with Crippen LogP contribution in [0.3, 0.4) is 0 Å². The highest BCUT2D eigenvalue weighted by Gasteiger charge is 2.56. The molecule has 1 aromatic carbocycles. The Labute approximate surface area is 202 Å². The van der Waals surface area contributed by atoms with E-state index in [0.717, 1.165) is 66.9 Å². The lowest BCUT2D eigenvalue weighted by atomic mass is 9.49. The molecule has 7 nitrogen and oxygen atoms in total. The maximum absolute atomic E-state index is 13.9. The minimum atomic E-state index is -0.390. The molecule has 34 heavy (non-hydrogen) atoms. The number of nitrogens with zero attached hydrogens (tertiary/aromatic N) is 2. The van der Waals surface area contributed by atoms with Crippen LogP contribution in [0.5, 0.6) is 11.5 Å². The molecule has 1 aromatic heterocycles. The Kier molecular flexibility index (Phi) is 4.70. The normalized spacial score (nSPS) is 32.9. The van der Waals surface area contributed by atoms with Gasteiger partial charge in [0, 0.05) is 17.5 Å². The zero-order valence-corrected chi connectivity index (χ0v) is 19.9. The second-order valence-corrected chi connectivity index (χ2v) is 11.8. The lowest BCUT2D eigenvalue weighted by Crippen LogP contribution is -2.56. The predicted molar refractivity (Wildman–Crippen MR) is 128 cm³/mol. The van der Waals surface area contributed by atoms with Crippen molar-refractivity contribution in [3.8, 4) is 22.8 Å². The van der Waals surface area contributed by atoms with Crippen LogP contribution in [0.4, 0.5) is 5.13 Å². The molecule has 4 aliphatic carbocycles. The van der Waals surface area contributed by atoms with Crippen molar-refractivity contribution in [2.75, 3.05) is 18.7 Å². The molecule has 6 aliphatic rings. The number of thiazole rings is 1. The van der Waals surface area contributed by atoms with Gasteiger partial charge in [-0.2, -0.15) is 0 Å². The first kappa shape index (κ1) is 20.7. The van der Waals surface area contributed by atoms with Crippen molar-refractivity contribution in [2.45, 2.75) is 57.4 Å². The first-order chi connectivity index (χ1) is 16.6. The van der Waals surface area contributed by atoms with Crippen LogP contribution in [-0.4, -0.2) is 41.1 Å². The van der Waals surface area contributed by atoms with Gasteiger partial charge >= 0.3 is 0 Å². The molecule has 2 aliphatic heterocycles. The SMILES string of the molecule is O=C(Nc1nc(-c2ccc3c(c2)OCO3)cs1)[C@@H]1CCCN1C(=O)C12CC3CC(CC(C3)C1)C2. The molecule has 0 radical (unpaired) electrons. The third-order valence-electron chi connectivity index (χ3n) is 8.71. The van der Waals surface area contributed by atoms with E-state index in [9.17, 15) is 9.59 Å². The molecule has 3 heterocycles. The van der Waals surface area contributed by atoms with Crippen LogP contribution < -0.4 is 14.8 Å². The monoisotopic (exact) mass is 479 g/mol. The number of likely N-dealkylation sites (tertiary alicyclic amines) is 1. The molecule has 8 rings (SSSR count). The number of carbonyl (C=O) groups excluding carboxylic acids is 2. The second-order valence-electron chi connectivity index (χ2n) is 10.9. The highest BCUT2D eigenvalue weighted by atomic mass is 32.1. The first-order valence-electron chi connectivity index (χ1n) is 12.5. The number of benzene rings is 1. The van der Waals surface area contributed by atoms with E-state index in [-0.39, 0.29) is 24.0 Å². The second kappa shape index (κ2) is 7.70. The van der Waals surface area contributed by atoms with Gasteiger partial charge in [-0.1, -0.05) is 0 Å². The highest BCUT2D eigenvalue weighted by molar-refractivity contribution is 7.14. The topological polar surface area (TPSA) is 80.8 Å². The summed E-state index contributed by atoms with van der Waals surface area (Å²) in [5.74, 6) is 3.74. The molecular formula is C26H29N3O4S. The molecule has 4 saturated carbocycles. The third-order valence-corrected chi connectivity index (χ3v) is 9.47. The summed E-state index contributed by atoms with van der Waals surface area (Å²) < 4.78 is 10.8. The number of amides is 2. The van der Waals surface area contributed by atoms with Gasteiger partial charge in [0.1, 0.15) is 6.04 Å². The van der Waals surface area contributed by atoms with Gasteiger partial charge in [0.15, 0.2) is 16.6 Å². The fraction of sp³-hybridized carbons (Fsp3) is 0.577. The highest BCUT2D eigenvalue weighted by Crippen LogP contribution is 2.60. The van der Waals surface area contributed by atoms with Gasteiger partial charge < -0.3 is 19.7 Å². The molecule has 2 amide bonds. The van der Waals surface area contributed by atoms with Crippen molar-refractivity contribution in [1.82, 2.24) is 9.88 Å². The Morgan fingerprint density at radius 3 is 2.56 bits per heavy atom. The van der Waals surface area contributed by atoms with E-state index in [1.54, 1.807) is 0 Å². The smallest absolute Gasteiger partial charge is 0.248 e. The van der Waals surface area contributed by atoms with Crippen molar-refractivity contribution in [3.63, 3.8) is 0 Å². The number of anilines is 1. The lowest BCUT2D eigenvalue weighted by Gasteiger charge is -2.56. The predicted octanol–water partition coefficient (Wildman–Crippen LogP) is 4.68. The zero-order valence-electron chi connectivity index (χ0n) is 19.1. The summed E-state index contributed by atoms with van der Waals surface area (Å²) in [6.45, 7) is 0.927. The van der Waals surface area contributed by atoms with Gasteiger partial charge in [-0.3, -0.25) is 9.59 Å². The van der Waals surface area contributed by atoms with E-state index in [2.05, 4.69) is 10.3 Å². The molecule has 5 fully saturated rings. The van der Waals surface area contributed by atoms with Crippen LogP contribution in [0.1, 0.15) is 51.4 Å². The Morgan fingerprint density at radius 1 is 1.06 bits per heavy atom. The van der Waals surface area contributed by atoms with Gasteiger partial charge in [-0.05, 0) is 87.3 Å². The number of nitrogens with one attached hydrogen (secondary N) is 1. The summed E-state index contributed by atoms with van der Waals surface area (Å²) in [7, 11) is 0. The van der Waals surface area contributed by atoms with Gasteiger partial charge in [-0.15, -0.1) is 11.3 Å². The van der Waals surface area contributed by atoms with Crippen LogP contribution in [-0.2, 0) is 9.59 Å². The van der Waals surface area contributed by atoms with Crippen LogP contribution in [0.25, 0.3) is 11.3 Å². The summed E-state index contributed by atoms with van der Waals surface area (Å²) in [5.41, 5.74) is 1.50. The summed E-state index contributed by atoms with van der Waals surface area (Å²) >= 11 is 1.40. The van der Waals surface area contributed by atoms with Crippen molar-refractivity contribution >= 4 is 28.3 Å². The standard InChI is InChI=1S/C26H29N3O4S/c30-23(28-25-27-19(13-34-25)18-3-4-21-22(9-18)33-14-32-21)20-2-1-5-29(20)24(31)26-10-15-6-16(11-26)8-17(7-15)12-26/h3-4,9,13,15-17,20H,1-2,5-8,10-12,14H2,(H,27,28,30)/t15?,16?,17?,20-,26?/m0/s1. The van der Waals surface area contributed by atoms with Crippen LogP contribution in [0.2, 0.25) is 0 Å². The number of carbonyl (C=O) groups is 2. The Bertz CT molecular complexity index is 1130. The summed E-state index contributed by atoms with van der Waals surface area (Å²) in [6, 6.07) is 5.34. The number of rotatable bonds is 4. The lowest BCUT2D eigenvalue weighted by molar-refractivity contribution is -0.160. The van der Waals surface area contributed by atoms with Crippen molar-refractivity contribution in [3.05, 3.63) is 23.6 Å². The van der Waals surface area contributed by atoms with Crippen molar-refractivity contribution in [2.24, 2.45) is 23.2 Å². The zero-order chi connectivity index (χ0) is 22.9. The number of hydrogen-bond acceptors (Lipinski definition) is 6. The molecule has 1 saturated heterocycles. The Hall–Kier alpha value is -2.61. The number of aromatic nitrogens is 1. The Balaban J connectivity index is 1.06. The average molecular weight is 480 g/mol. The number of hydrogen-bond donors (Lipinski definition) is 1. The van der Waals surface area contributed by atoms with Gasteiger partial charge in [0.25, 0.3) is 0 Å². The minimum Gasteiger partial charge on any atom is -0.454 e. The summed E-state index contributed by atoms with van der Waals surface area (Å²) in [4.78, 5) is 33.7. The van der Waals surface area contributed by atoms with Crippen molar-refractivity contribution < 1.29 is 19.1 Å². The number of fused-ring (bicyclic) bond motifs is 1. The fourth-order valence-corrected chi connectivity index (χ4v) is 8.39. The van der Waals surface area contributed by atoms with Crippen LogP contribution >= 0.6 is 11.3 Å². The molecule has 2 aromatic rings. The first-order valence-corrected chi connectivity index (χ1v) is 13.4. The molecule has 0 spiro atoms. The molecule has 4 bridgehead atoms. The minimum absolute atomic E-state index is 0.109. The molecule has 1 atom stereocenters. The quantitative estimate of drug-likeness (QED) is 0.688. The van der Waals surface area contributed by atoms with E-state index >= 15 is 0 Å². The van der Waals surface area contributed by atoms with Gasteiger partial charge in [-0.25, -0.2) is 4.98 Å². The largest absolute Gasteiger partial charge is 0.454 e. The van der Waals surface area contributed by atoms with E-state index < -0.39 is 6.04 Å². The summed E-state index contributed by atoms with van der Waals surface area (Å²) in [6.07, 6.45) is 8.65. The Morgan fingerprint density at radius 2 is 1.79 bits per heavy atom. The molecular weight excluding hydrogens is 450 g/mol. The maximum atomic E-state index is 13.9. The van der Waals surface area contributed by atoms with E-state index in [1.165, 1.54) is 30.6 Å². The van der Waals surface area contributed by atoms with E-state index in [4.69, 9.17) is 9.47 Å². The van der Waals surface area contributed by atoms with E-state index in [1.807, 2.05) is 28.5 Å². The fourth-order valence-electron chi connectivity index (χ4n) is 7.67. The van der Waals surface area contributed by atoms with Crippen molar-refractivity contribution in [1.29, 1.82) is 0 Å². The average Bonchev–Trinajstić information content (AvgIpc) is 3.57. The van der Waals surface area contributed by atoms with E-state index in [0.29, 0.717) is 17.4 Å². The number of ether oxygens (including phenoxy) is 2. The third kappa shape index (κ3) is 3.33. The van der Waals surface area contributed by atoms with Gasteiger partial charge in [0.2, 0.25) is 18.6 Å². The van der Waals surface area contributed by atoms with Gasteiger partial charge in [0.05, 0.1) is 11.1 Å². The molecule has 0 unspecified atom stereocenters. The summed E-state index contributed by atoms with van der Waals surface area (Å²) in [5, 5.41) is 5.50. The van der Waals surface area contributed by atoms with Crippen LogP contribution in [0, 0.1) is 23.2 Å². The van der Waals surface area contributed by atoms with Crippen LogP contribution in [0.15, 0.2) is 23.6 Å². The maximum Gasteiger partial charge on any atom is 0.248 e.